The third-order valence-corrected chi connectivity index (χ3v) is 15.7. The molecule has 0 bridgehead atoms. The molecule has 0 saturated carbocycles. The lowest BCUT2D eigenvalue weighted by Gasteiger charge is -2.40. The first-order valence-corrected chi connectivity index (χ1v) is 31.7. The number of hydrogen-bond donors (Lipinski definition) is 6. The van der Waals surface area contributed by atoms with Gasteiger partial charge in [-0.25, -0.2) is 0 Å². The molecule has 1 amide bonds. The van der Waals surface area contributed by atoms with Crippen LogP contribution < -0.4 is 5.32 Å². The number of aliphatic hydroxyl groups excluding tert-OH is 5. The molecule has 9 nitrogen and oxygen atoms in total. The van der Waals surface area contributed by atoms with Gasteiger partial charge in [-0.3, -0.25) is 4.79 Å². The smallest absolute Gasteiger partial charge is 0.220 e. The van der Waals surface area contributed by atoms with Gasteiger partial charge in [0.1, 0.15) is 24.4 Å². The highest BCUT2D eigenvalue weighted by molar-refractivity contribution is 5.76. The van der Waals surface area contributed by atoms with Crippen LogP contribution in [0.5, 0.6) is 0 Å². The first kappa shape index (κ1) is 68.2. The van der Waals surface area contributed by atoms with Gasteiger partial charge in [-0.15, -0.1) is 0 Å². The van der Waals surface area contributed by atoms with Gasteiger partial charge in [0.25, 0.3) is 0 Å². The Morgan fingerprint density at radius 1 is 0.423 bits per heavy atom. The number of nitrogens with one attached hydrogen (secondary N) is 1. The Morgan fingerprint density at radius 3 is 1.00 bits per heavy atom. The summed E-state index contributed by atoms with van der Waals surface area (Å²) in [4.78, 5) is 13.1. The molecule has 424 valence electrons. The number of amides is 1. The second-order valence-electron chi connectivity index (χ2n) is 22.6. The fourth-order valence-electron chi connectivity index (χ4n) is 10.7. The highest BCUT2D eigenvalue weighted by Crippen LogP contribution is 2.24. The maximum absolute atomic E-state index is 13.1. The molecule has 71 heavy (non-hydrogen) atoms. The first-order chi connectivity index (χ1) is 34.8. The van der Waals surface area contributed by atoms with Gasteiger partial charge in [-0.2, -0.15) is 0 Å². The normalized spacial score (nSPS) is 19.1. The highest BCUT2D eigenvalue weighted by Gasteiger charge is 2.44. The summed E-state index contributed by atoms with van der Waals surface area (Å²) in [6, 6.07) is -0.714. The molecule has 7 unspecified atom stereocenters. The summed E-state index contributed by atoms with van der Waals surface area (Å²) in [6.07, 6.45) is 57.2. The molecule has 1 aliphatic heterocycles. The Balaban J connectivity index is 2.14. The molecule has 1 heterocycles. The molecule has 1 rings (SSSR count). The second-order valence-corrected chi connectivity index (χ2v) is 22.6. The minimum Gasteiger partial charge on any atom is -0.394 e. The molecular formula is C62H123NO8. The van der Waals surface area contributed by atoms with Gasteiger partial charge in [0.05, 0.1) is 25.4 Å². The van der Waals surface area contributed by atoms with Crippen molar-refractivity contribution in [2.75, 3.05) is 13.2 Å². The van der Waals surface area contributed by atoms with Crippen molar-refractivity contribution in [3.8, 4) is 0 Å². The van der Waals surface area contributed by atoms with Gasteiger partial charge in [0.15, 0.2) is 6.29 Å². The van der Waals surface area contributed by atoms with Crippen molar-refractivity contribution in [3.05, 3.63) is 0 Å². The number of hydrogen-bond acceptors (Lipinski definition) is 8. The van der Waals surface area contributed by atoms with E-state index in [4.69, 9.17) is 9.47 Å². The van der Waals surface area contributed by atoms with Crippen molar-refractivity contribution in [3.63, 3.8) is 0 Å². The van der Waals surface area contributed by atoms with Crippen LogP contribution in [0.15, 0.2) is 0 Å². The van der Waals surface area contributed by atoms with E-state index in [1.807, 2.05) is 0 Å². The SMILES string of the molecule is CCCCCCCCCCCCCCCCCCCCCCCCCCCCC(=O)NC(COC1OC(CO)C(O)C(O)C1O)C(O)CCCCCCCCCCCCCCCCCCCCCCCC. The minimum absolute atomic E-state index is 0.131. The summed E-state index contributed by atoms with van der Waals surface area (Å²) in [5.41, 5.74) is 0. The van der Waals surface area contributed by atoms with E-state index in [-0.39, 0.29) is 12.5 Å². The van der Waals surface area contributed by atoms with E-state index in [0.29, 0.717) is 12.8 Å². The van der Waals surface area contributed by atoms with Crippen LogP contribution in [0.2, 0.25) is 0 Å². The van der Waals surface area contributed by atoms with E-state index in [0.717, 1.165) is 38.5 Å². The maximum Gasteiger partial charge on any atom is 0.220 e. The fourth-order valence-corrected chi connectivity index (χ4v) is 10.7. The number of unbranched alkanes of at least 4 members (excludes halogenated alkanes) is 46. The Bertz CT molecular complexity index is 1080. The van der Waals surface area contributed by atoms with Crippen molar-refractivity contribution in [2.45, 2.75) is 378 Å². The Labute approximate surface area is 440 Å². The maximum atomic E-state index is 13.1. The quantitative estimate of drug-likeness (QED) is 0.0330. The van der Waals surface area contributed by atoms with Gasteiger partial charge in [-0.1, -0.05) is 316 Å². The standard InChI is InChI=1S/C62H123NO8/c1-3-5-7-9-11-13-15-17-19-21-23-25-27-28-29-30-32-34-36-38-40-42-44-46-48-50-52-58(66)63-55(54-70-62-61(69)60(68)59(67)57(53-64)71-62)56(65)51-49-47-45-43-41-39-37-35-33-31-26-24-22-20-18-16-14-12-10-8-6-4-2/h55-57,59-62,64-65,67-69H,3-54H2,1-2H3,(H,63,66). The van der Waals surface area contributed by atoms with E-state index in [1.165, 1.54) is 270 Å². The number of carbonyl (C=O) groups excluding carboxylic acids is 1. The van der Waals surface area contributed by atoms with Crippen LogP contribution in [0.4, 0.5) is 0 Å². The zero-order valence-corrected chi connectivity index (χ0v) is 47.3. The van der Waals surface area contributed by atoms with Gasteiger partial charge in [-0.05, 0) is 12.8 Å². The second kappa shape index (κ2) is 52.6. The van der Waals surface area contributed by atoms with Crippen molar-refractivity contribution in [2.24, 2.45) is 0 Å². The molecule has 0 radical (unpaired) electrons. The van der Waals surface area contributed by atoms with Gasteiger partial charge in [0.2, 0.25) is 5.91 Å². The van der Waals surface area contributed by atoms with Gasteiger partial charge < -0.3 is 40.3 Å². The molecule has 0 aromatic heterocycles. The van der Waals surface area contributed by atoms with Crippen LogP contribution in [-0.4, -0.2) is 87.5 Å². The highest BCUT2D eigenvalue weighted by atomic mass is 16.7. The van der Waals surface area contributed by atoms with Crippen LogP contribution >= 0.6 is 0 Å². The van der Waals surface area contributed by atoms with Crippen molar-refractivity contribution in [1.82, 2.24) is 5.32 Å². The molecule has 0 aromatic rings. The van der Waals surface area contributed by atoms with Crippen LogP contribution in [0, 0.1) is 0 Å². The third kappa shape index (κ3) is 42.0. The van der Waals surface area contributed by atoms with Crippen molar-refractivity contribution >= 4 is 5.91 Å². The Kier molecular flexibility index (Phi) is 50.6. The number of aliphatic hydroxyl groups is 5. The number of rotatable bonds is 56. The molecular weight excluding hydrogens is 887 g/mol. The lowest BCUT2D eigenvalue weighted by Crippen LogP contribution is -2.60. The summed E-state index contributed by atoms with van der Waals surface area (Å²) < 4.78 is 11.3. The van der Waals surface area contributed by atoms with Crippen molar-refractivity contribution < 1.29 is 39.8 Å². The summed E-state index contributed by atoms with van der Waals surface area (Å²) in [5.74, 6) is -0.134. The lowest BCUT2D eigenvalue weighted by atomic mass is 9.99. The topological polar surface area (TPSA) is 149 Å². The Hall–Kier alpha value is -0.810. The first-order valence-electron chi connectivity index (χ1n) is 31.7. The summed E-state index contributed by atoms with van der Waals surface area (Å²) in [6.45, 7) is 3.90. The van der Waals surface area contributed by atoms with Crippen LogP contribution in [0.3, 0.4) is 0 Å². The monoisotopic (exact) mass is 1010 g/mol. The summed E-state index contributed by atoms with van der Waals surface area (Å²) >= 11 is 0. The molecule has 7 atom stereocenters. The zero-order valence-electron chi connectivity index (χ0n) is 47.3. The van der Waals surface area contributed by atoms with E-state index < -0.39 is 49.5 Å². The lowest BCUT2D eigenvalue weighted by molar-refractivity contribution is -0.302. The molecule has 0 spiro atoms. The Morgan fingerprint density at radius 2 is 0.704 bits per heavy atom. The molecule has 0 aromatic carbocycles. The summed E-state index contributed by atoms with van der Waals surface area (Å²) in [7, 11) is 0. The number of ether oxygens (including phenoxy) is 2. The van der Waals surface area contributed by atoms with Crippen LogP contribution in [0.25, 0.3) is 0 Å². The average Bonchev–Trinajstić information content (AvgIpc) is 3.37. The molecule has 9 heteroatoms. The van der Waals surface area contributed by atoms with Crippen molar-refractivity contribution in [1.29, 1.82) is 0 Å². The predicted octanol–water partition coefficient (Wildman–Crippen LogP) is 16.2. The summed E-state index contributed by atoms with van der Waals surface area (Å²) in [5, 5.41) is 54.8. The fraction of sp³-hybridized carbons (Fsp3) is 0.984. The van der Waals surface area contributed by atoms with E-state index in [1.54, 1.807) is 0 Å². The molecule has 1 fully saturated rings. The van der Waals surface area contributed by atoms with Gasteiger partial charge in [0, 0.05) is 6.42 Å². The largest absolute Gasteiger partial charge is 0.394 e. The zero-order chi connectivity index (χ0) is 51.5. The predicted molar refractivity (Wildman–Crippen MR) is 300 cm³/mol. The molecule has 1 saturated heterocycles. The van der Waals surface area contributed by atoms with Crippen LogP contribution in [0.1, 0.15) is 335 Å². The minimum atomic E-state index is -1.55. The van der Waals surface area contributed by atoms with Gasteiger partial charge >= 0.3 is 0 Å². The molecule has 0 aliphatic carbocycles. The van der Waals surface area contributed by atoms with E-state index in [9.17, 15) is 30.3 Å². The number of carbonyl (C=O) groups is 1. The molecule has 1 aliphatic rings. The average molecular weight is 1010 g/mol. The van der Waals surface area contributed by atoms with E-state index >= 15 is 0 Å². The van der Waals surface area contributed by atoms with E-state index in [2.05, 4.69) is 19.2 Å². The van der Waals surface area contributed by atoms with Crippen LogP contribution in [-0.2, 0) is 14.3 Å². The molecule has 6 N–H and O–H groups in total. The third-order valence-electron chi connectivity index (χ3n) is 15.7.